The molecule has 9 N–H and O–H groups in total. The smallest absolute Gasteiger partial charge is 0.316 e. The summed E-state index contributed by atoms with van der Waals surface area (Å²) in [4.78, 5) is 12.9. The molecule has 0 aliphatic heterocycles. The monoisotopic (exact) mass is 342 g/mol. The summed E-state index contributed by atoms with van der Waals surface area (Å²) in [5, 5.41) is 39.4. The SMILES string of the molecule is NC(=O)Nc1cc(N(CCC(O)CO)CCC(O)CO)ccc1N. The summed E-state index contributed by atoms with van der Waals surface area (Å²) < 4.78 is 0. The lowest BCUT2D eigenvalue weighted by atomic mass is 10.1. The van der Waals surface area contributed by atoms with E-state index in [0.29, 0.717) is 43.0 Å². The van der Waals surface area contributed by atoms with Crippen molar-refractivity contribution in [3.63, 3.8) is 0 Å². The van der Waals surface area contributed by atoms with Gasteiger partial charge in [-0.1, -0.05) is 0 Å². The van der Waals surface area contributed by atoms with E-state index in [1.807, 2.05) is 4.90 Å². The minimum Gasteiger partial charge on any atom is -0.397 e. The summed E-state index contributed by atoms with van der Waals surface area (Å²) in [6, 6.07) is 4.24. The van der Waals surface area contributed by atoms with E-state index in [-0.39, 0.29) is 13.2 Å². The quantitative estimate of drug-likeness (QED) is 0.269. The number of nitrogen functional groups attached to an aromatic ring is 1. The van der Waals surface area contributed by atoms with Gasteiger partial charge >= 0.3 is 6.03 Å². The van der Waals surface area contributed by atoms with Gasteiger partial charge in [0.25, 0.3) is 0 Å². The molecule has 1 aromatic carbocycles. The first kappa shape index (κ1) is 20.0. The standard InChI is InChI=1S/C15H26N4O5/c16-13-2-1-10(7-14(13)18-15(17)24)19(5-3-11(22)8-20)6-4-12(23)9-21/h1-2,7,11-12,20-23H,3-6,8-9,16H2,(H3,17,18,24). The number of hydrogen-bond donors (Lipinski definition) is 7. The number of nitrogens with zero attached hydrogens (tertiary/aromatic N) is 1. The first-order chi connectivity index (χ1) is 11.4. The number of aliphatic hydroxyl groups is 4. The van der Waals surface area contributed by atoms with Gasteiger partial charge in [0, 0.05) is 18.8 Å². The normalized spacial score (nSPS) is 13.3. The molecule has 9 nitrogen and oxygen atoms in total. The second-order valence-electron chi connectivity index (χ2n) is 5.50. The van der Waals surface area contributed by atoms with Gasteiger partial charge < -0.3 is 42.1 Å². The van der Waals surface area contributed by atoms with E-state index < -0.39 is 18.2 Å². The van der Waals surface area contributed by atoms with E-state index in [0.717, 1.165) is 0 Å². The van der Waals surface area contributed by atoms with Crippen LogP contribution in [-0.2, 0) is 0 Å². The highest BCUT2D eigenvalue weighted by Gasteiger charge is 2.14. The fourth-order valence-electron chi connectivity index (χ4n) is 2.14. The van der Waals surface area contributed by atoms with Crippen molar-refractivity contribution in [1.82, 2.24) is 0 Å². The summed E-state index contributed by atoms with van der Waals surface area (Å²) in [5.41, 5.74) is 12.3. The average Bonchev–Trinajstić information content (AvgIpc) is 2.56. The number of aliphatic hydroxyl groups excluding tert-OH is 4. The number of carbonyl (C=O) groups excluding carboxylic acids is 1. The zero-order valence-electron chi connectivity index (χ0n) is 13.4. The summed E-state index contributed by atoms with van der Waals surface area (Å²) in [6.45, 7) is 0.117. The third kappa shape index (κ3) is 6.59. The summed E-state index contributed by atoms with van der Waals surface area (Å²) in [6.07, 6.45) is -1.08. The van der Waals surface area contributed by atoms with Crippen LogP contribution in [0.2, 0.25) is 0 Å². The van der Waals surface area contributed by atoms with Gasteiger partial charge in [-0.2, -0.15) is 0 Å². The number of amides is 2. The number of benzene rings is 1. The second-order valence-corrected chi connectivity index (χ2v) is 5.50. The first-order valence-corrected chi connectivity index (χ1v) is 7.66. The van der Waals surface area contributed by atoms with Crippen molar-refractivity contribution in [2.45, 2.75) is 25.0 Å². The van der Waals surface area contributed by atoms with Crippen LogP contribution in [0.25, 0.3) is 0 Å². The molecule has 2 amide bonds. The summed E-state index contributed by atoms with van der Waals surface area (Å²) in [7, 11) is 0. The lowest BCUT2D eigenvalue weighted by Gasteiger charge is -2.27. The van der Waals surface area contributed by atoms with Crippen LogP contribution in [0.3, 0.4) is 0 Å². The number of nitrogens with two attached hydrogens (primary N) is 2. The molecule has 9 heteroatoms. The maximum atomic E-state index is 11.0. The molecule has 1 aromatic rings. The Balaban J connectivity index is 2.92. The van der Waals surface area contributed by atoms with Gasteiger partial charge in [-0.3, -0.25) is 0 Å². The number of urea groups is 1. The average molecular weight is 342 g/mol. The number of anilines is 3. The van der Waals surface area contributed by atoms with E-state index in [2.05, 4.69) is 5.32 Å². The maximum absolute atomic E-state index is 11.0. The van der Waals surface area contributed by atoms with E-state index in [4.69, 9.17) is 21.7 Å². The van der Waals surface area contributed by atoms with Gasteiger partial charge in [0.05, 0.1) is 36.8 Å². The topological polar surface area (TPSA) is 165 Å². The van der Waals surface area contributed by atoms with Gasteiger partial charge in [-0.25, -0.2) is 4.79 Å². The predicted octanol–water partition coefficient (Wildman–Crippen LogP) is -0.948. The molecule has 0 bridgehead atoms. The van der Waals surface area contributed by atoms with Crippen molar-refractivity contribution in [1.29, 1.82) is 0 Å². The molecule has 0 radical (unpaired) electrons. The van der Waals surface area contributed by atoms with Gasteiger partial charge in [-0.05, 0) is 31.0 Å². The minimum atomic E-state index is -0.854. The van der Waals surface area contributed by atoms with E-state index in [9.17, 15) is 15.0 Å². The minimum absolute atomic E-state index is 0.314. The van der Waals surface area contributed by atoms with Gasteiger partial charge in [0.1, 0.15) is 0 Å². The fraction of sp³-hybridized carbons (Fsp3) is 0.533. The largest absolute Gasteiger partial charge is 0.397 e. The molecule has 0 aliphatic carbocycles. The van der Waals surface area contributed by atoms with Crippen molar-refractivity contribution < 1.29 is 25.2 Å². The van der Waals surface area contributed by atoms with E-state index >= 15 is 0 Å². The third-order valence-electron chi connectivity index (χ3n) is 3.55. The van der Waals surface area contributed by atoms with Crippen LogP contribution in [0.4, 0.5) is 21.9 Å². The number of nitrogens with one attached hydrogen (secondary N) is 1. The Labute approximate surface area is 140 Å². The number of rotatable bonds is 10. The molecule has 0 fully saturated rings. The summed E-state index contributed by atoms with van der Waals surface area (Å²) >= 11 is 0. The Morgan fingerprint density at radius 3 is 2.12 bits per heavy atom. The van der Waals surface area contributed by atoms with Crippen molar-refractivity contribution in [3.8, 4) is 0 Å². The molecule has 0 aliphatic rings. The number of carbonyl (C=O) groups is 1. The van der Waals surface area contributed by atoms with Crippen LogP contribution in [0.1, 0.15) is 12.8 Å². The predicted molar refractivity (Wildman–Crippen MR) is 91.7 cm³/mol. The molecule has 2 atom stereocenters. The maximum Gasteiger partial charge on any atom is 0.316 e. The first-order valence-electron chi connectivity index (χ1n) is 7.66. The van der Waals surface area contributed by atoms with E-state index in [1.54, 1.807) is 18.2 Å². The highest BCUT2D eigenvalue weighted by atomic mass is 16.3. The van der Waals surface area contributed by atoms with Crippen molar-refractivity contribution in [3.05, 3.63) is 18.2 Å². The zero-order valence-corrected chi connectivity index (χ0v) is 13.4. The zero-order chi connectivity index (χ0) is 18.1. The Hall–Kier alpha value is -2.07. The molecule has 0 spiro atoms. The molecule has 2 unspecified atom stereocenters. The lowest BCUT2D eigenvalue weighted by molar-refractivity contribution is 0.0854. The lowest BCUT2D eigenvalue weighted by Crippen LogP contribution is -2.32. The highest BCUT2D eigenvalue weighted by Crippen LogP contribution is 2.26. The Bertz CT molecular complexity index is 515. The highest BCUT2D eigenvalue weighted by molar-refractivity contribution is 5.92. The summed E-state index contributed by atoms with van der Waals surface area (Å²) in [5.74, 6) is 0. The molecular weight excluding hydrogens is 316 g/mol. The van der Waals surface area contributed by atoms with E-state index in [1.165, 1.54) is 0 Å². The van der Waals surface area contributed by atoms with Crippen LogP contribution in [0.5, 0.6) is 0 Å². The Morgan fingerprint density at radius 1 is 1.12 bits per heavy atom. The van der Waals surface area contributed by atoms with Crippen LogP contribution < -0.4 is 21.7 Å². The fourth-order valence-corrected chi connectivity index (χ4v) is 2.14. The molecule has 24 heavy (non-hydrogen) atoms. The molecule has 0 saturated carbocycles. The molecule has 136 valence electrons. The van der Waals surface area contributed by atoms with Crippen molar-refractivity contribution >= 4 is 23.1 Å². The molecule has 0 saturated heterocycles. The van der Waals surface area contributed by atoms with Crippen molar-refractivity contribution in [2.75, 3.05) is 42.3 Å². The Morgan fingerprint density at radius 2 is 1.67 bits per heavy atom. The van der Waals surface area contributed by atoms with Crippen LogP contribution in [0, 0.1) is 0 Å². The third-order valence-corrected chi connectivity index (χ3v) is 3.55. The molecular formula is C15H26N4O5. The molecule has 0 aromatic heterocycles. The van der Waals surface area contributed by atoms with Gasteiger partial charge in [0.15, 0.2) is 0 Å². The number of hydrogen-bond acceptors (Lipinski definition) is 7. The Kier molecular flexibility index (Phi) is 8.27. The van der Waals surface area contributed by atoms with Crippen LogP contribution >= 0.6 is 0 Å². The van der Waals surface area contributed by atoms with Gasteiger partial charge in [-0.15, -0.1) is 0 Å². The second kappa shape index (κ2) is 9.93. The van der Waals surface area contributed by atoms with Crippen molar-refractivity contribution in [2.24, 2.45) is 5.73 Å². The number of primary amides is 1. The molecule has 0 heterocycles. The molecule has 1 rings (SSSR count). The van der Waals surface area contributed by atoms with Crippen LogP contribution in [0.15, 0.2) is 18.2 Å². The van der Waals surface area contributed by atoms with Crippen LogP contribution in [-0.4, -0.2) is 65.0 Å². The van der Waals surface area contributed by atoms with Gasteiger partial charge in [0.2, 0.25) is 0 Å².